The summed E-state index contributed by atoms with van der Waals surface area (Å²) in [5, 5.41) is 6.39. The Morgan fingerprint density at radius 2 is 1.94 bits per heavy atom. The molecule has 1 unspecified atom stereocenters. The molecular weight excluding hydrogens is 236 g/mol. The quantitative estimate of drug-likeness (QED) is 0.814. The van der Waals surface area contributed by atoms with E-state index in [0.29, 0.717) is 6.04 Å². The largest absolute Gasteiger partial charge is 0.352 e. The fraction of sp³-hybridized carbons (Fsp3) is 0.923. The standard InChI is InChI=1S/C13H24N2O.ClH/c16-13(15-12-8-9-14-10-12)7-6-11-4-2-1-3-5-11;/h11-12,14H,1-10H2,(H,15,16);1H. The highest BCUT2D eigenvalue weighted by Gasteiger charge is 2.18. The van der Waals surface area contributed by atoms with Gasteiger partial charge in [0.05, 0.1) is 0 Å². The van der Waals surface area contributed by atoms with Crippen LogP contribution in [0.4, 0.5) is 0 Å². The molecule has 100 valence electrons. The van der Waals surface area contributed by atoms with E-state index in [1.165, 1.54) is 32.1 Å². The Balaban J connectivity index is 0.00000144. The van der Waals surface area contributed by atoms with Crippen molar-refractivity contribution in [1.82, 2.24) is 10.6 Å². The van der Waals surface area contributed by atoms with Crippen LogP contribution in [0.15, 0.2) is 0 Å². The summed E-state index contributed by atoms with van der Waals surface area (Å²) in [6.45, 7) is 2.00. The van der Waals surface area contributed by atoms with Crippen molar-refractivity contribution in [3.8, 4) is 0 Å². The second-order valence-electron chi connectivity index (χ2n) is 5.30. The molecule has 0 radical (unpaired) electrons. The van der Waals surface area contributed by atoms with E-state index in [1.54, 1.807) is 0 Å². The fourth-order valence-electron chi connectivity index (χ4n) is 2.89. The fourth-order valence-corrected chi connectivity index (χ4v) is 2.89. The summed E-state index contributed by atoms with van der Waals surface area (Å²) in [6, 6.07) is 0.388. The SMILES string of the molecule is Cl.O=C(CCC1CCCCC1)NC1CCNC1. The molecule has 1 heterocycles. The van der Waals surface area contributed by atoms with Crippen LogP contribution in [-0.4, -0.2) is 25.0 Å². The molecule has 1 saturated heterocycles. The maximum absolute atomic E-state index is 11.7. The normalized spacial score (nSPS) is 25.3. The lowest BCUT2D eigenvalue weighted by atomic mass is 9.86. The average Bonchev–Trinajstić information content (AvgIpc) is 2.81. The van der Waals surface area contributed by atoms with E-state index in [0.717, 1.165) is 38.3 Å². The highest BCUT2D eigenvalue weighted by atomic mass is 35.5. The lowest BCUT2D eigenvalue weighted by molar-refractivity contribution is -0.122. The summed E-state index contributed by atoms with van der Waals surface area (Å²) < 4.78 is 0. The zero-order valence-corrected chi connectivity index (χ0v) is 11.4. The molecule has 0 aromatic carbocycles. The van der Waals surface area contributed by atoms with Crippen molar-refractivity contribution in [1.29, 1.82) is 0 Å². The summed E-state index contributed by atoms with van der Waals surface area (Å²) >= 11 is 0. The van der Waals surface area contributed by atoms with Crippen LogP contribution in [0.25, 0.3) is 0 Å². The molecule has 0 aromatic heterocycles. The molecule has 2 rings (SSSR count). The van der Waals surface area contributed by atoms with E-state index in [1.807, 2.05) is 0 Å². The summed E-state index contributed by atoms with van der Waals surface area (Å²) in [4.78, 5) is 11.7. The summed E-state index contributed by atoms with van der Waals surface area (Å²) in [5.41, 5.74) is 0. The van der Waals surface area contributed by atoms with E-state index in [9.17, 15) is 4.79 Å². The van der Waals surface area contributed by atoms with Gasteiger partial charge in [0.15, 0.2) is 0 Å². The zero-order chi connectivity index (χ0) is 11.2. The molecule has 0 bridgehead atoms. The van der Waals surface area contributed by atoms with Crippen LogP contribution in [0, 0.1) is 5.92 Å². The number of nitrogens with one attached hydrogen (secondary N) is 2. The second-order valence-corrected chi connectivity index (χ2v) is 5.30. The molecule has 17 heavy (non-hydrogen) atoms. The Hall–Kier alpha value is -0.280. The molecule has 3 nitrogen and oxygen atoms in total. The van der Waals surface area contributed by atoms with Crippen LogP contribution < -0.4 is 10.6 Å². The van der Waals surface area contributed by atoms with Gasteiger partial charge in [0.1, 0.15) is 0 Å². The Morgan fingerprint density at radius 1 is 1.18 bits per heavy atom. The van der Waals surface area contributed by atoms with Gasteiger partial charge in [0.25, 0.3) is 0 Å². The van der Waals surface area contributed by atoms with Crippen molar-refractivity contribution in [2.45, 2.75) is 57.4 Å². The Labute approximate surface area is 111 Å². The van der Waals surface area contributed by atoms with Gasteiger partial charge >= 0.3 is 0 Å². The molecule has 2 fully saturated rings. The first-order chi connectivity index (χ1) is 7.84. The van der Waals surface area contributed by atoms with Crippen LogP contribution in [0.5, 0.6) is 0 Å². The van der Waals surface area contributed by atoms with Crippen molar-refractivity contribution in [2.24, 2.45) is 5.92 Å². The van der Waals surface area contributed by atoms with Crippen LogP contribution in [-0.2, 0) is 4.79 Å². The summed E-state index contributed by atoms with van der Waals surface area (Å²) in [6.07, 6.45) is 9.77. The number of carbonyl (C=O) groups excluding carboxylic acids is 1. The first-order valence-electron chi connectivity index (χ1n) is 6.84. The number of amides is 1. The Bertz CT molecular complexity index is 223. The summed E-state index contributed by atoms with van der Waals surface area (Å²) in [7, 11) is 0. The molecule has 1 aliphatic carbocycles. The van der Waals surface area contributed by atoms with E-state index in [-0.39, 0.29) is 18.3 Å². The zero-order valence-electron chi connectivity index (χ0n) is 10.5. The minimum atomic E-state index is 0. The highest BCUT2D eigenvalue weighted by molar-refractivity contribution is 5.85. The minimum Gasteiger partial charge on any atom is -0.352 e. The Kier molecular flexibility index (Phi) is 6.90. The molecule has 1 saturated carbocycles. The monoisotopic (exact) mass is 260 g/mol. The molecule has 1 atom stereocenters. The molecule has 0 spiro atoms. The molecule has 4 heteroatoms. The second kappa shape index (κ2) is 7.93. The van der Waals surface area contributed by atoms with Crippen LogP contribution >= 0.6 is 12.4 Å². The van der Waals surface area contributed by atoms with Crippen molar-refractivity contribution >= 4 is 18.3 Å². The lowest BCUT2D eigenvalue weighted by Gasteiger charge is -2.21. The minimum absolute atomic E-state index is 0. The molecular formula is C13H25ClN2O. The number of hydrogen-bond acceptors (Lipinski definition) is 2. The highest BCUT2D eigenvalue weighted by Crippen LogP contribution is 2.27. The molecule has 1 aliphatic heterocycles. The third-order valence-electron chi connectivity index (χ3n) is 3.93. The first kappa shape index (κ1) is 14.8. The maximum Gasteiger partial charge on any atom is 0.220 e. The number of rotatable bonds is 4. The number of carbonyl (C=O) groups is 1. The van der Waals surface area contributed by atoms with Gasteiger partial charge in [-0.2, -0.15) is 0 Å². The first-order valence-corrected chi connectivity index (χ1v) is 6.84. The van der Waals surface area contributed by atoms with Gasteiger partial charge in [-0.3, -0.25) is 4.79 Å². The third kappa shape index (κ3) is 5.26. The van der Waals surface area contributed by atoms with Crippen molar-refractivity contribution in [2.75, 3.05) is 13.1 Å². The van der Waals surface area contributed by atoms with Crippen molar-refractivity contribution < 1.29 is 4.79 Å². The predicted molar refractivity (Wildman–Crippen MR) is 72.5 cm³/mol. The third-order valence-corrected chi connectivity index (χ3v) is 3.93. The number of hydrogen-bond donors (Lipinski definition) is 2. The van der Waals surface area contributed by atoms with Gasteiger partial charge < -0.3 is 10.6 Å². The van der Waals surface area contributed by atoms with E-state index in [2.05, 4.69) is 10.6 Å². The topological polar surface area (TPSA) is 41.1 Å². The van der Waals surface area contributed by atoms with Gasteiger partial charge in [0.2, 0.25) is 5.91 Å². The molecule has 2 N–H and O–H groups in total. The Morgan fingerprint density at radius 3 is 2.59 bits per heavy atom. The average molecular weight is 261 g/mol. The van der Waals surface area contributed by atoms with E-state index < -0.39 is 0 Å². The molecule has 2 aliphatic rings. The molecule has 1 amide bonds. The van der Waals surface area contributed by atoms with Gasteiger partial charge in [-0.05, 0) is 25.3 Å². The summed E-state index contributed by atoms with van der Waals surface area (Å²) in [5.74, 6) is 1.08. The lowest BCUT2D eigenvalue weighted by Crippen LogP contribution is -2.36. The van der Waals surface area contributed by atoms with Gasteiger partial charge in [-0.1, -0.05) is 32.1 Å². The van der Waals surface area contributed by atoms with Gasteiger partial charge in [-0.15, -0.1) is 12.4 Å². The van der Waals surface area contributed by atoms with Crippen molar-refractivity contribution in [3.63, 3.8) is 0 Å². The maximum atomic E-state index is 11.7. The molecule has 0 aromatic rings. The van der Waals surface area contributed by atoms with Crippen molar-refractivity contribution in [3.05, 3.63) is 0 Å². The van der Waals surface area contributed by atoms with Gasteiger partial charge in [-0.25, -0.2) is 0 Å². The van der Waals surface area contributed by atoms with Crippen LogP contribution in [0.3, 0.4) is 0 Å². The predicted octanol–water partition coefficient (Wildman–Crippen LogP) is 2.25. The van der Waals surface area contributed by atoms with Crippen LogP contribution in [0.2, 0.25) is 0 Å². The number of halogens is 1. The van der Waals surface area contributed by atoms with E-state index >= 15 is 0 Å². The van der Waals surface area contributed by atoms with E-state index in [4.69, 9.17) is 0 Å². The smallest absolute Gasteiger partial charge is 0.220 e. The van der Waals surface area contributed by atoms with Crippen LogP contribution in [0.1, 0.15) is 51.4 Å². The van der Waals surface area contributed by atoms with Gasteiger partial charge in [0, 0.05) is 19.0 Å².